The summed E-state index contributed by atoms with van der Waals surface area (Å²) in [4.78, 5) is 0. The summed E-state index contributed by atoms with van der Waals surface area (Å²) in [6.45, 7) is 0. The van der Waals surface area contributed by atoms with Gasteiger partial charge in [-0.1, -0.05) is 11.6 Å². The fraction of sp³-hybridized carbons (Fsp3) is 0.0714. The van der Waals surface area contributed by atoms with Crippen molar-refractivity contribution in [1.82, 2.24) is 0 Å². The number of rotatable bonds is 2. The summed E-state index contributed by atoms with van der Waals surface area (Å²) < 4.78 is 37.3. The summed E-state index contributed by atoms with van der Waals surface area (Å²) in [6.07, 6.45) is -4.37. The Kier molecular flexibility index (Phi) is 3.86. The van der Waals surface area contributed by atoms with Crippen molar-refractivity contribution in [2.75, 3.05) is 5.32 Å². The van der Waals surface area contributed by atoms with E-state index in [9.17, 15) is 13.2 Å². The van der Waals surface area contributed by atoms with E-state index in [0.29, 0.717) is 22.0 Å². The molecule has 0 heterocycles. The van der Waals surface area contributed by atoms with Crippen LogP contribution in [0.2, 0.25) is 5.02 Å². The molecule has 6 heteroatoms. The zero-order chi connectivity index (χ0) is 14.8. The Bertz CT molecular complexity index is 658. The molecule has 0 fully saturated rings. The molecular formula is C14H8ClF3N2. The van der Waals surface area contributed by atoms with Crippen LogP contribution in [0.1, 0.15) is 11.1 Å². The highest BCUT2D eigenvalue weighted by atomic mass is 35.5. The molecule has 2 rings (SSSR count). The standard InChI is InChI=1S/C14H8ClF3N2/c15-11-4-1-9(8-19)13(7-11)20-12-5-2-10(3-6-12)14(16,17)18/h1-7,20H. The van der Waals surface area contributed by atoms with Crippen LogP contribution in [0, 0.1) is 11.3 Å². The number of nitrogens with zero attached hydrogens (tertiary/aromatic N) is 1. The molecule has 0 radical (unpaired) electrons. The highest BCUT2D eigenvalue weighted by molar-refractivity contribution is 6.30. The number of halogens is 4. The van der Waals surface area contributed by atoms with E-state index in [-0.39, 0.29) is 0 Å². The van der Waals surface area contributed by atoms with Crippen molar-refractivity contribution in [3.63, 3.8) is 0 Å². The van der Waals surface area contributed by atoms with Crippen LogP contribution in [0.25, 0.3) is 0 Å². The highest BCUT2D eigenvalue weighted by Crippen LogP contribution is 2.31. The summed E-state index contributed by atoms with van der Waals surface area (Å²) in [6, 6.07) is 11.2. The summed E-state index contributed by atoms with van der Waals surface area (Å²) in [7, 11) is 0. The lowest BCUT2D eigenvalue weighted by molar-refractivity contribution is -0.137. The van der Waals surface area contributed by atoms with Crippen molar-refractivity contribution in [2.45, 2.75) is 6.18 Å². The Balaban J connectivity index is 2.27. The lowest BCUT2D eigenvalue weighted by Gasteiger charge is -2.10. The lowest BCUT2D eigenvalue weighted by Crippen LogP contribution is -2.04. The Labute approximate surface area is 118 Å². The van der Waals surface area contributed by atoms with Crippen LogP contribution in [0.4, 0.5) is 24.5 Å². The van der Waals surface area contributed by atoms with E-state index in [2.05, 4.69) is 5.32 Å². The molecule has 0 aromatic heterocycles. The minimum absolute atomic E-state index is 0.356. The largest absolute Gasteiger partial charge is 0.416 e. The van der Waals surface area contributed by atoms with E-state index in [4.69, 9.17) is 16.9 Å². The molecule has 0 spiro atoms. The molecule has 0 atom stereocenters. The van der Waals surface area contributed by atoms with Crippen molar-refractivity contribution in [3.8, 4) is 6.07 Å². The maximum absolute atomic E-state index is 12.4. The van der Waals surface area contributed by atoms with Gasteiger partial charge in [0.15, 0.2) is 0 Å². The smallest absolute Gasteiger partial charge is 0.354 e. The van der Waals surface area contributed by atoms with Crippen LogP contribution in [-0.2, 0) is 6.18 Å². The number of nitrogens with one attached hydrogen (secondary N) is 1. The van der Waals surface area contributed by atoms with Crippen molar-refractivity contribution in [3.05, 3.63) is 58.6 Å². The van der Waals surface area contributed by atoms with Gasteiger partial charge in [0.05, 0.1) is 16.8 Å². The van der Waals surface area contributed by atoms with E-state index in [0.717, 1.165) is 12.1 Å². The monoisotopic (exact) mass is 296 g/mol. The van der Waals surface area contributed by atoms with Gasteiger partial charge in [0.1, 0.15) is 6.07 Å². The van der Waals surface area contributed by atoms with Crippen LogP contribution in [-0.4, -0.2) is 0 Å². The van der Waals surface area contributed by atoms with Gasteiger partial charge in [-0.3, -0.25) is 0 Å². The van der Waals surface area contributed by atoms with Gasteiger partial charge in [-0.05, 0) is 42.5 Å². The molecule has 0 saturated heterocycles. The van der Waals surface area contributed by atoms with E-state index >= 15 is 0 Å². The first-order valence-corrected chi connectivity index (χ1v) is 5.92. The summed E-state index contributed by atoms with van der Waals surface area (Å²) in [5.74, 6) is 0. The summed E-state index contributed by atoms with van der Waals surface area (Å²) in [5.41, 5.74) is 0.514. The third-order valence-electron chi connectivity index (χ3n) is 2.59. The van der Waals surface area contributed by atoms with Crippen molar-refractivity contribution < 1.29 is 13.2 Å². The number of hydrogen-bond acceptors (Lipinski definition) is 2. The van der Waals surface area contributed by atoms with E-state index in [1.807, 2.05) is 6.07 Å². The lowest BCUT2D eigenvalue weighted by atomic mass is 10.1. The second-order valence-corrected chi connectivity index (χ2v) is 4.44. The zero-order valence-electron chi connectivity index (χ0n) is 10.0. The third kappa shape index (κ3) is 3.22. The molecule has 20 heavy (non-hydrogen) atoms. The van der Waals surface area contributed by atoms with E-state index in [1.165, 1.54) is 24.3 Å². The molecule has 1 N–H and O–H groups in total. The molecule has 0 bridgehead atoms. The minimum atomic E-state index is -4.37. The molecule has 0 aliphatic carbocycles. The van der Waals surface area contributed by atoms with E-state index in [1.54, 1.807) is 6.07 Å². The Morgan fingerprint density at radius 1 is 1.05 bits per heavy atom. The highest BCUT2D eigenvalue weighted by Gasteiger charge is 2.29. The van der Waals surface area contributed by atoms with Crippen molar-refractivity contribution >= 4 is 23.0 Å². The predicted molar refractivity (Wildman–Crippen MR) is 70.9 cm³/mol. The topological polar surface area (TPSA) is 35.8 Å². The number of benzene rings is 2. The fourth-order valence-electron chi connectivity index (χ4n) is 1.62. The predicted octanol–water partition coefficient (Wildman–Crippen LogP) is 4.97. The van der Waals surface area contributed by atoms with Gasteiger partial charge in [-0.25, -0.2) is 0 Å². The molecule has 0 amide bonds. The van der Waals surface area contributed by atoms with Gasteiger partial charge in [0, 0.05) is 10.7 Å². The molecule has 0 aliphatic rings. The summed E-state index contributed by atoms with van der Waals surface area (Å²) in [5, 5.41) is 12.3. The van der Waals surface area contributed by atoms with Gasteiger partial charge in [0.2, 0.25) is 0 Å². The molecule has 2 nitrogen and oxygen atoms in total. The van der Waals surface area contributed by atoms with Gasteiger partial charge < -0.3 is 5.32 Å². The zero-order valence-corrected chi connectivity index (χ0v) is 10.8. The Morgan fingerprint density at radius 3 is 2.25 bits per heavy atom. The van der Waals surface area contributed by atoms with Gasteiger partial charge in [0.25, 0.3) is 0 Å². The Morgan fingerprint density at radius 2 is 1.70 bits per heavy atom. The maximum Gasteiger partial charge on any atom is 0.416 e. The third-order valence-corrected chi connectivity index (χ3v) is 2.83. The molecule has 2 aromatic rings. The number of anilines is 2. The number of nitriles is 1. The molecular weight excluding hydrogens is 289 g/mol. The van der Waals surface area contributed by atoms with Gasteiger partial charge in [-0.15, -0.1) is 0 Å². The maximum atomic E-state index is 12.4. The second kappa shape index (κ2) is 5.43. The first-order valence-electron chi connectivity index (χ1n) is 5.54. The van der Waals surface area contributed by atoms with Crippen LogP contribution in [0.5, 0.6) is 0 Å². The fourth-order valence-corrected chi connectivity index (χ4v) is 1.79. The number of hydrogen-bond donors (Lipinski definition) is 1. The minimum Gasteiger partial charge on any atom is -0.354 e. The molecule has 0 aliphatic heterocycles. The van der Waals surface area contributed by atoms with Crippen LogP contribution in [0.15, 0.2) is 42.5 Å². The van der Waals surface area contributed by atoms with Crippen LogP contribution >= 0.6 is 11.6 Å². The first-order chi connectivity index (χ1) is 9.40. The van der Waals surface area contributed by atoms with Crippen LogP contribution < -0.4 is 5.32 Å². The van der Waals surface area contributed by atoms with E-state index < -0.39 is 11.7 Å². The second-order valence-electron chi connectivity index (χ2n) is 4.00. The van der Waals surface area contributed by atoms with Crippen molar-refractivity contribution in [1.29, 1.82) is 5.26 Å². The molecule has 102 valence electrons. The average molecular weight is 297 g/mol. The number of alkyl halides is 3. The first kappa shape index (κ1) is 14.2. The van der Waals surface area contributed by atoms with Crippen molar-refractivity contribution in [2.24, 2.45) is 0 Å². The molecule has 0 saturated carbocycles. The summed E-state index contributed by atoms with van der Waals surface area (Å²) >= 11 is 5.83. The Hall–Kier alpha value is -2.19. The molecule has 0 unspecified atom stereocenters. The molecule has 2 aromatic carbocycles. The quantitative estimate of drug-likeness (QED) is 0.849. The average Bonchev–Trinajstić information content (AvgIpc) is 2.38. The SMILES string of the molecule is N#Cc1ccc(Cl)cc1Nc1ccc(C(F)(F)F)cc1. The van der Waals surface area contributed by atoms with Crippen LogP contribution in [0.3, 0.4) is 0 Å². The van der Waals surface area contributed by atoms with Gasteiger partial charge in [-0.2, -0.15) is 18.4 Å². The van der Waals surface area contributed by atoms with Gasteiger partial charge >= 0.3 is 6.18 Å². The normalized spacial score (nSPS) is 10.9.